The number of hydrogen-bond acceptors (Lipinski definition) is 6. The minimum absolute atomic E-state index is 0.124. The third-order valence-electron chi connectivity index (χ3n) is 5.68. The highest BCUT2D eigenvalue weighted by Gasteiger charge is 2.23. The van der Waals surface area contributed by atoms with Gasteiger partial charge in [0.25, 0.3) is 0 Å². The number of anilines is 1. The average molecular weight is 440 g/mol. The Kier molecular flexibility index (Phi) is 5.79. The normalized spacial score (nSPS) is 17.1. The highest BCUT2D eigenvalue weighted by molar-refractivity contribution is 7.15. The lowest BCUT2D eigenvalue weighted by Gasteiger charge is -2.24. The molecule has 156 valence electrons. The Hall–Kier alpha value is -2.29. The van der Waals surface area contributed by atoms with Gasteiger partial charge in [-0.2, -0.15) is 0 Å². The lowest BCUT2D eigenvalue weighted by atomic mass is 10.2. The van der Waals surface area contributed by atoms with Crippen LogP contribution in [0.15, 0.2) is 35.7 Å². The molecule has 3 aromatic rings. The van der Waals surface area contributed by atoms with Crippen molar-refractivity contribution in [1.29, 1.82) is 0 Å². The lowest BCUT2D eigenvalue weighted by Crippen LogP contribution is -2.36. The van der Waals surface area contributed by atoms with E-state index in [0.717, 1.165) is 55.3 Å². The van der Waals surface area contributed by atoms with E-state index >= 15 is 0 Å². The Labute approximate surface area is 184 Å². The summed E-state index contributed by atoms with van der Waals surface area (Å²) in [6, 6.07) is 10.5. The van der Waals surface area contributed by atoms with Crippen molar-refractivity contribution in [2.45, 2.75) is 51.2 Å². The smallest absolute Gasteiger partial charge is 0.321 e. The molecular weight excluding hydrogens is 414 g/mol. The van der Waals surface area contributed by atoms with Gasteiger partial charge in [0.05, 0.1) is 11.4 Å². The number of thiazole rings is 2. The fraction of sp³-hybridized carbons (Fsp3) is 0.409. The molecule has 0 bridgehead atoms. The SMILES string of the molecule is O=C(Nc1nc2c(s1)CN(Cc1csc(-c3ccccc3)n1)CC2)NC1CCCC1. The van der Waals surface area contributed by atoms with Gasteiger partial charge < -0.3 is 5.32 Å². The van der Waals surface area contributed by atoms with E-state index in [1.54, 1.807) is 22.7 Å². The second-order valence-electron chi connectivity index (χ2n) is 7.94. The fourth-order valence-corrected chi connectivity index (χ4v) is 6.01. The summed E-state index contributed by atoms with van der Waals surface area (Å²) >= 11 is 3.29. The predicted molar refractivity (Wildman–Crippen MR) is 122 cm³/mol. The van der Waals surface area contributed by atoms with Gasteiger partial charge in [-0.3, -0.25) is 10.2 Å². The number of rotatable bonds is 5. The third kappa shape index (κ3) is 4.55. The van der Waals surface area contributed by atoms with E-state index in [1.165, 1.54) is 23.3 Å². The second kappa shape index (κ2) is 8.83. The Bertz CT molecular complexity index is 1010. The molecule has 5 rings (SSSR count). The zero-order chi connectivity index (χ0) is 20.3. The highest BCUT2D eigenvalue weighted by Crippen LogP contribution is 2.30. The first-order valence-corrected chi connectivity index (χ1v) is 12.2. The van der Waals surface area contributed by atoms with Crippen molar-refractivity contribution in [3.63, 3.8) is 0 Å². The number of benzene rings is 1. The third-order valence-corrected chi connectivity index (χ3v) is 7.62. The quantitative estimate of drug-likeness (QED) is 0.594. The monoisotopic (exact) mass is 439 g/mol. The Morgan fingerprint density at radius 3 is 2.83 bits per heavy atom. The molecule has 0 unspecified atom stereocenters. The number of carbonyl (C=O) groups excluding carboxylic acids is 1. The first kappa shape index (κ1) is 19.7. The summed E-state index contributed by atoms with van der Waals surface area (Å²) < 4.78 is 0. The molecule has 2 N–H and O–H groups in total. The van der Waals surface area contributed by atoms with E-state index in [-0.39, 0.29) is 6.03 Å². The molecule has 30 heavy (non-hydrogen) atoms. The molecule has 2 aromatic heterocycles. The van der Waals surface area contributed by atoms with Gasteiger partial charge >= 0.3 is 6.03 Å². The summed E-state index contributed by atoms with van der Waals surface area (Å²) in [4.78, 5) is 25.4. The molecular formula is C22H25N5OS2. The summed E-state index contributed by atoms with van der Waals surface area (Å²) in [6.45, 7) is 2.66. The molecule has 1 aromatic carbocycles. The largest absolute Gasteiger partial charge is 0.335 e. The van der Waals surface area contributed by atoms with Crippen molar-refractivity contribution >= 4 is 33.8 Å². The van der Waals surface area contributed by atoms with Gasteiger partial charge in [-0.05, 0) is 12.8 Å². The average Bonchev–Trinajstić information content (AvgIpc) is 3.49. The number of amides is 2. The predicted octanol–water partition coefficient (Wildman–Crippen LogP) is 4.89. The number of hydrogen-bond donors (Lipinski definition) is 2. The Morgan fingerprint density at radius 2 is 2.00 bits per heavy atom. The summed E-state index contributed by atoms with van der Waals surface area (Å²) in [5, 5.41) is 9.94. The van der Waals surface area contributed by atoms with Crippen molar-refractivity contribution in [2.75, 3.05) is 11.9 Å². The van der Waals surface area contributed by atoms with Crippen LogP contribution in [-0.4, -0.2) is 33.5 Å². The standard InChI is InChI=1S/C22H25N5OS2/c28-21(24-16-8-4-5-9-16)26-22-25-18-10-11-27(13-19(18)30-22)12-17-14-29-20(23-17)15-6-2-1-3-7-15/h1-3,6-7,14,16H,4-5,8-13H2,(H2,24,25,26,28). The van der Waals surface area contributed by atoms with Gasteiger partial charge in [0.1, 0.15) is 5.01 Å². The van der Waals surface area contributed by atoms with Crippen LogP contribution in [0.1, 0.15) is 41.9 Å². The van der Waals surface area contributed by atoms with Crippen molar-refractivity contribution in [1.82, 2.24) is 20.2 Å². The van der Waals surface area contributed by atoms with Crippen LogP contribution >= 0.6 is 22.7 Å². The van der Waals surface area contributed by atoms with E-state index in [1.807, 2.05) is 18.2 Å². The molecule has 8 heteroatoms. The lowest BCUT2D eigenvalue weighted by molar-refractivity contribution is 0.244. The number of nitrogens with zero attached hydrogens (tertiary/aromatic N) is 3. The number of urea groups is 1. The second-order valence-corrected chi connectivity index (χ2v) is 9.88. The van der Waals surface area contributed by atoms with Crippen LogP contribution < -0.4 is 10.6 Å². The van der Waals surface area contributed by atoms with Crippen LogP contribution in [0.3, 0.4) is 0 Å². The van der Waals surface area contributed by atoms with Gasteiger partial charge in [-0.25, -0.2) is 14.8 Å². The van der Waals surface area contributed by atoms with Gasteiger partial charge in [-0.1, -0.05) is 43.2 Å². The van der Waals surface area contributed by atoms with Crippen LogP contribution in [0.5, 0.6) is 0 Å². The zero-order valence-electron chi connectivity index (χ0n) is 16.8. The van der Waals surface area contributed by atoms with Gasteiger partial charge in [-0.15, -0.1) is 22.7 Å². The summed E-state index contributed by atoms with van der Waals surface area (Å²) in [5.74, 6) is 0. The number of fused-ring (bicyclic) bond motifs is 1. The van der Waals surface area contributed by atoms with Crippen LogP contribution in [0.2, 0.25) is 0 Å². The minimum Gasteiger partial charge on any atom is -0.335 e. The number of nitrogens with one attached hydrogen (secondary N) is 2. The maximum Gasteiger partial charge on any atom is 0.321 e. The molecule has 0 spiro atoms. The molecule has 2 amide bonds. The molecule has 0 saturated heterocycles. The maximum absolute atomic E-state index is 12.2. The summed E-state index contributed by atoms with van der Waals surface area (Å²) in [7, 11) is 0. The molecule has 6 nitrogen and oxygen atoms in total. The number of carbonyl (C=O) groups is 1. The highest BCUT2D eigenvalue weighted by atomic mass is 32.1. The van der Waals surface area contributed by atoms with Crippen LogP contribution in [0.4, 0.5) is 9.93 Å². The van der Waals surface area contributed by atoms with E-state index in [4.69, 9.17) is 4.98 Å². The molecule has 3 heterocycles. The van der Waals surface area contributed by atoms with Crippen LogP contribution in [-0.2, 0) is 19.5 Å². The van der Waals surface area contributed by atoms with E-state index < -0.39 is 0 Å². The van der Waals surface area contributed by atoms with Gasteiger partial charge in [0.15, 0.2) is 5.13 Å². The van der Waals surface area contributed by atoms with Crippen LogP contribution in [0, 0.1) is 0 Å². The van der Waals surface area contributed by atoms with E-state index in [2.05, 4.69) is 38.0 Å². The first-order valence-electron chi connectivity index (χ1n) is 10.5. The topological polar surface area (TPSA) is 70.2 Å². The summed E-state index contributed by atoms with van der Waals surface area (Å²) in [5.41, 5.74) is 3.40. The maximum atomic E-state index is 12.2. The number of aromatic nitrogens is 2. The van der Waals surface area contributed by atoms with Crippen molar-refractivity contribution in [3.8, 4) is 10.6 Å². The van der Waals surface area contributed by atoms with Crippen molar-refractivity contribution < 1.29 is 4.79 Å². The molecule has 0 radical (unpaired) electrons. The molecule has 1 aliphatic carbocycles. The first-order chi connectivity index (χ1) is 14.7. The van der Waals surface area contributed by atoms with E-state index in [9.17, 15) is 4.79 Å². The Morgan fingerprint density at radius 1 is 1.17 bits per heavy atom. The Balaban J connectivity index is 1.18. The fourth-order valence-electron chi connectivity index (χ4n) is 4.15. The van der Waals surface area contributed by atoms with Crippen molar-refractivity contribution in [2.24, 2.45) is 0 Å². The molecule has 0 atom stereocenters. The molecule has 1 fully saturated rings. The molecule has 2 aliphatic rings. The van der Waals surface area contributed by atoms with Crippen molar-refractivity contribution in [3.05, 3.63) is 52.0 Å². The minimum atomic E-state index is -0.124. The molecule has 1 aliphatic heterocycles. The molecule has 1 saturated carbocycles. The van der Waals surface area contributed by atoms with Gasteiger partial charge in [0, 0.05) is 47.9 Å². The van der Waals surface area contributed by atoms with Gasteiger partial charge in [0.2, 0.25) is 0 Å². The summed E-state index contributed by atoms with van der Waals surface area (Å²) in [6.07, 6.45) is 5.49. The van der Waals surface area contributed by atoms with E-state index in [0.29, 0.717) is 11.2 Å². The zero-order valence-corrected chi connectivity index (χ0v) is 18.4. The van der Waals surface area contributed by atoms with Crippen LogP contribution in [0.25, 0.3) is 10.6 Å².